The summed E-state index contributed by atoms with van der Waals surface area (Å²) in [5.74, 6) is 0.414. The van der Waals surface area contributed by atoms with Gasteiger partial charge in [-0.1, -0.05) is 23.2 Å². The Morgan fingerprint density at radius 2 is 2.05 bits per heavy atom. The first kappa shape index (κ1) is 14.6. The van der Waals surface area contributed by atoms with Crippen LogP contribution >= 0.6 is 23.2 Å². The highest BCUT2D eigenvalue weighted by molar-refractivity contribution is 6.32. The number of nitro benzene ring substituents is 1. The number of rotatable bonds is 4. The second kappa shape index (κ2) is 6.07. The van der Waals surface area contributed by atoms with Crippen LogP contribution in [0.15, 0.2) is 30.3 Å². The number of ether oxygens (including phenoxy) is 1. The number of nitro groups is 1. The van der Waals surface area contributed by atoms with E-state index in [1.54, 1.807) is 25.1 Å². The van der Waals surface area contributed by atoms with Crippen molar-refractivity contribution in [3.05, 3.63) is 61.9 Å². The van der Waals surface area contributed by atoms with Crippen molar-refractivity contribution < 1.29 is 9.66 Å². The first-order valence-corrected chi connectivity index (χ1v) is 6.41. The molecule has 0 saturated heterocycles. The molecule has 0 unspecified atom stereocenters. The molecule has 0 aliphatic heterocycles. The van der Waals surface area contributed by atoms with E-state index in [1.807, 2.05) is 0 Å². The smallest absolute Gasteiger partial charge is 0.273 e. The maximum Gasteiger partial charge on any atom is 0.273 e. The molecule has 1 aromatic carbocycles. The second-order valence-corrected chi connectivity index (χ2v) is 4.85. The number of nitrogens with zero attached hydrogens (tertiary/aromatic N) is 2. The van der Waals surface area contributed by atoms with Gasteiger partial charge in [-0.15, -0.1) is 0 Å². The molecule has 0 spiro atoms. The predicted octanol–water partition coefficient (Wildman–Crippen LogP) is 4.18. The maximum absolute atomic E-state index is 10.7. The number of hydrogen-bond donors (Lipinski definition) is 0. The van der Waals surface area contributed by atoms with Crippen molar-refractivity contribution >= 4 is 28.9 Å². The Morgan fingerprint density at radius 1 is 1.30 bits per heavy atom. The molecule has 1 aromatic heterocycles. The second-order valence-electron chi connectivity index (χ2n) is 4.06. The van der Waals surface area contributed by atoms with Gasteiger partial charge in [0, 0.05) is 6.07 Å². The maximum atomic E-state index is 10.7. The zero-order valence-electron chi connectivity index (χ0n) is 10.5. The fourth-order valence-electron chi connectivity index (χ4n) is 1.56. The van der Waals surface area contributed by atoms with Crippen LogP contribution in [0.2, 0.25) is 10.2 Å². The summed E-state index contributed by atoms with van der Waals surface area (Å²) in [6.45, 7) is 1.88. The fourth-order valence-corrected chi connectivity index (χ4v) is 1.89. The summed E-state index contributed by atoms with van der Waals surface area (Å²) in [7, 11) is 0. The van der Waals surface area contributed by atoms with Crippen molar-refractivity contribution in [1.82, 2.24) is 4.98 Å². The summed E-state index contributed by atoms with van der Waals surface area (Å²) in [4.78, 5) is 14.3. The molecule has 5 nitrogen and oxygen atoms in total. The first-order valence-electron chi connectivity index (χ1n) is 5.66. The van der Waals surface area contributed by atoms with Crippen LogP contribution < -0.4 is 4.74 Å². The number of aromatic nitrogens is 1. The van der Waals surface area contributed by atoms with E-state index in [1.165, 1.54) is 12.1 Å². The molecule has 7 heteroatoms. The Hall–Kier alpha value is -1.85. The Labute approximate surface area is 125 Å². The van der Waals surface area contributed by atoms with Gasteiger partial charge in [0.05, 0.1) is 21.7 Å². The van der Waals surface area contributed by atoms with Crippen molar-refractivity contribution in [2.45, 2.75) is 13.5 Å². The monoisotopic (exact) mass is 312 g/mol. The van der Waals surface area contributed by atoms with Gasteiger partial charge < -0.3 is 4.74 Å². The van der Waals surface area contributed by atoms with Crippen LogP contribution in [0, 0.1) is 17.0 Å². The lowest BCUT2D eigenvalue weighted by atomic mass is 10.2. The third kappa shape index (κ3) is 3.37. The number of benzene rings is 1. The van der Waals surface area contributed by atoms with Crippen molar-refractivity contribution in [3.8, 4) is 5.75 Å². The number of hydrogen-bond acceptors (Lipinski definition) is 4. The zero-order valence-corrected chi connectivity index (χ0v) is 12.0. The molecular formula is C13H10Cl2N2O3. The van der Waals surface area contributed by atoms with Crippen LogP contribution in [0.4, 0.5) is 5.69 Å². The standard InChI is InChI=1S/C13H10Cl2N2O3/c1-8-2-3-9(17(18)19)6-12(8)20-7-11-10(14)4-5-13(15)16-11/h2-6H,7H2,1H3. The van der Waals surface area contributed by atoms with Crippen molar-refractivity contribution in [2.75, 3.05) is 0 Å². The lowest BCUT2D eigenvalue weighted by molar-refractivity contribution is -0.385. The molecule has 0 fully saturated rings. The molecule has 0 aliphatic carbocycles. The minimum Gasteiger partial charge on any atom is -0.487 e. The molecule has 2 aromatic rings. The third-order valence-corrected chi connectivity index (χ3v) is 3.19. The molecule has 0 bridgehead atoms. The predicted molar refractivity (Wildman–Crippen MR) is 76.4 cm³/mol. The summed E-state index contributed by atoms with van der Waals surface area (Å²) in [6.07, 6.45) is 0. The quantitative estimate of drug-likeness (QED) is 0.482. The van der Waals surface area contributed by atoms with Gasteiger partial charge in [-0.05, 0) is 30.7 Å². The van der Waals surface area contributed by atoms with Gasteiger partial charge in [0.1, 0.15) is 17.5 Å². The Bertz CT molecular complexity index is 662. The number of pyridine rings is 1. The van der Waals surface area contributed by atoms with Gasteiger partial charge in [0.2, 0.25) is 0 Å². The molecular weight excluding hydrogens is 303 g/mol. The first-order chi connectivity index (χ1) is 9.47. The average molecular weight is 313 g/mol. The van der Waals surface area contributed by atoms with Gasteiger partial charge in [-0.2, -0.15) is 0 Å². The molecule has 0 aliphatic rings. The van der Waals surface area contributed by atoms with Gasteiger partial charge in [-0.25, -0.2) is 4.98 Å². The SMILES string of the molecule is Cc1ccc([N+](=O)[O-])cc1OCc1nc(Cl)ccc1Cl. The van der Waals surface area contributed by atoms with E-state index >= 15 is 0 Å². The Balaban J connectivity index is 2.20. The summed E-state index contributed by atoms with van der Waals surface area (Å²) >= 11 is 11.8. The normalized spacial score (nSPS) is 10.3. The van der Waals surface area contributed by atoms with Crippen molar-refractivity contribution in [1.29, 1.82) is 0 Å². The highest BCUT2D eigenvalue weighted by Crippen LogP contribution is 2.26. The molecule has 2 rings (SSSR count). The van der Waals surface area contributed by atoms with Gasteiger partial charge >= 0.3 is 0 Å². The highest BCUT2D eigenvalue weighted by atomic mass is 35.5. The molecule has 0 atom stereocenters. The van der Waals surface area contributed by atoms with E-state index in [2.05, 4.69) is 4.98 Å². The summed E-state index contributed by atoms with van der Waals surface area (Å²) < 4.78 is 5.54. The molecule has 104 valence electrons. The van der Waals surface area contributed by atoms with Gasteiger partial charge in [0.25, 0.3) is 5.69 Å². The lowest BCUT2D eigenvalue weighted by Crippen LogP contribution is -2.01. The summed E-state index contributed by atoms with van der Waals surface area (Å²) in [5.41, 5.74) is 1.23. The number of aryl methyl sites for hydroxylation is 1. The molecule has 20 heavy (non-hydrogen) atoms. The zero-order chi connectivity index (χ0) is 14.7. The van der Waals surface area contributed by atoms with Crippen LogP contribution in [0.1, 0.15) is 11.3 Å². The molecule has 1 heterocycles. The number of non-ortho nitro benzene ring substituents is 1. The largest absolute Gasteiger partial charge is 0.487 e. The van der Waals surface area contributed by atoms with E-state index < -0.39 is 4.92 Å². The Kier molecular flexibility index (Phi) is 4.42. The van der Waals surface area contributed by atoms with E-state index in [4.69, 9.17) is 27.9 Å². The number of halogens is 2. The molecule has 0 saturated carbocycles. The minimum absolute atomic E-state index is 0.0317. The van der Waals surface area contributed by atoms with Crippen LogP contribution in [0.25, 0.3) is 0 Å². The van der Waals surface area contributed by atoms with E-state index in [9.17, 15) is 10.1 Å². The van der Waals surface area contributed by atoms with Crippen LogP contribution in [0.5, 0.6) is 5.75 Å². The van der Waals surface area contributed by atoms with Gasteiger partial charge in [0.15, 0.2) is 0 Å². The van der Waals surface area contributed by atoms with E-state index in [0.29, 0.717) is 21.6 Å². The van der Waals surface area contributed by atoms with Crippen molar-refractivity contribution in [2.24, 2.45) is 0 Å². The third-order valence-electron chi connectivity index (χ3n) is 2.63. The minimum atomic E-state index is -0.475. The van der Waals surface area contributed by atoms with E-state index in [-0.39, 0.29) is 12.3 Å². The highest BCUT2D eigenvalue weighted by Gasteiger charge is 2.11. The molecule has 0 N–H and O–H groups in total. The van der Waals surface area contributed by atoms with Gasteiger partial charge in [-0.3, -0.25) is 10.1 Å². The van der Waals surface area contributed by atoms with Crippen LogP contribution in [-0.4, -0.2) is 9.91 Å². The topological polar surface area (TPSA) is 65.3 Å². The summed E-state index contributed by atoms with van der Waals surface area (Å²) in [5, 5.41) is 11.5. The van der Waals surface area contributed by atoms with Crippen molar-refractivity contribution in [3.63, 3.8) is 0 Å². The fraction of sp³-hybridized carbons (Fsp3) is 0.154. The average Bonchev–Trinajstić information content (AvgIpc) is 2.41. The molecule has 0 amide bonds. The summed E-state index contributed by atoms with van der Waals surface area (Å²) in [6, 6.07) is 7.61. The van der Waals surface area contributed by atoms with Crippen LogP contribution in [-0.2, 0) is 6.61 Å². The lowest BCUT2D eigenvalue weighted by Gasteiger charge is -2.09. The van der Waals surface area contributed by atoms with Crippen LogP contribution in [0.3, 0.4) is 0 Å². The van der Waals surface area contributed by atoms with E-state index in [0.717, 1.165) is 5.56 Å². The molecule has 0 radical (unpaired) electrons. The Morgan fingerprint density at radius 3 is 2.75 bits per heavy atom.